The first-order valence-corrected chi connectivity index (χ1v) is 6.82. The first-order chi connectivity index (χ1) is 8.18. The lowest BCUT2D eigenvalue weighted by Gasteiger charge is -2.21. The molecule has 0 bridgehead atoms. The molecular formula is C13H19N3S. The Hall–Kier alpha value is -1.13. The van der Waals surface area contributed by atoms with E-state index in [4.69, 9.17) is 0 Å². The van der Waals surface area contributed by atoms with E-state index in [-0.39, 0.29) is 0 Å². The van der Waals surface area contributed by atoms with Crippen LogP contribution in [0.2, 0.25) is 0 Å². The molecule has 0 saturated carbocycles. The Kier molecular flexibility index (Phi) is 3.97. The maximum atomic E-state index is 4.04. The molecule has 0 aliphatic heterocycles. The van der Waals surface area contributed by atoms with Crippen LogP contribution in [0.15, 0.2) is 23.7 Å². The molecule has 0 amide bonds. The number of aryl methyl sites for hydroxylation is 1. The minimum atomic E-state index is 0.421. The minimum absolute atomic E-state index is 0.421. The van der Waals surface area contributed by atoms with Crippen LogP contribution in [0.1, 0.15) is 36.0 Å². The van der Waals surface area contributed by atoms with E-state index in [2.05, 4.69) is 53.8 Å². The highest BCUT2D eigenvalue weighted by Crippen LogP contribution is 2.26. The molecule has 0 radical (unpaired) electrons. The summed E-state index contributed by atoms with van der Waals surface area (Å²) in [7, 11) is 0. The summed E-state index contributed by atoms with van der Waals surface area (Å²) in [6.07, 6.45) is 1.90. The lowest BCUT2D eigenvalue weighted by atomic mass is 10.0. The van der Waals surface area contributed by atoms with Gasteiger partial charge in [0.15, 0.2) is 0 Å². The average Bonchev–Trinajstić information content (AvgIpc) is 2.91. The van der Waals surface area contributed by atoms with Gasteiger partial charge in [-0.1, -0.05) is 19.9 Å². The number of aromatic nitrogens is 2. The summed E-state index contributed by atoms with van der Waals surface area (Å²) < 4.78 is 0. The average molecular weight is 249 g/mol. The van der Waals surface area contributed by atoms with Gasteiger partial charge < -0.3 is 5.32 Å². The number of hydrogen-bond donors (Lipinski definition) is 2. The molecule has 0 aliphatic carbocycles. The number of nitrogens with one attached hydrogen (secondary N) is 2. The zero-order valence-corrected chi connectivity index (χ0v) is 11.3. The molecule has 0 spiro atoms. The highest BCUT2D eigenvalue weighted by Gasteiger charge is 2.16. The molecule has 0 unspecified atom stereocenters. The van der Waals surface area contributed by atoms with Gasteiger partial charge in [0.1, 0.15) is 0 Å². The fraction of sp³-hybridized carbons (Fsp3) is 0.462. The Morgan fingerprint density at radius 2 is 2.29 bits per heavy atom. The van der Waals surface area contributed by atoms with Crippen molar-refractivity contribution in [3.63, 3.8) is 0 Å². The maximum Gasteiger partial charge on any atom is 0.0535 e. The number of hydrogen-bond acceptors (Lipinski definition) is 3. The Balaban J connectivity index is 2.02. The molecule has 2 rings (SSSR count). The predicted octanol–water partition coefficient (Wildman–Crippen LogP) is 3.27. The molecule has 2 aromatic heterocycles. The molecule has 2 heterocycles. The van der Waals surface area contributed by atoms with E-state index in [1.54, 1.807) is 0 Å². The molecule has 4 heteroatoms. The van der Waals surface area contributed by atoms with Crippen molar-refractivity contribution in [2.24, 2.45) is 5.92 Å². The van der Waals surface area contributed by atoms with Gasteiger partial charge in [-0.25, -0.2) is 0 Å². The van der Waals surface area contributed by atoms with E-state index >= 15 is 0 Å². The smallest absolute Gasteiger partial charge is 0.0535 e. The van der Waals surface area contributed by atoms with Crippen molar-refractivity contribution < 1.29 is 0 Å². The van der Waals surface area contributed by atoms with Crippen molar-refractivity contribution in [1.29, 1.82) is 0 Å². The van der Waals surface area contributed by atoms with Gasteiger partial charge in [-0.3, -0.25) is 5.10 Å². The van der Waals surface area contributed by atoms with E-state index < -0.39 is 0 Å². The van der Waals surface area contributed by atoms with Gasteiger partial charge in [-0.05, 0) is 24.3 Å². The highest BCUT2D eigenvalue weighted by molar-refractivity contribution is 7.10. The molecule has 2 N–H and O–H groups in total. The summed E-state index contributed by atoms with van der Waals surface area (Å²) in [6, 6.07) is 4.73. The number of nitrogens with zero attached hydrogens (tertiary/aromatic N) is 1. The third-order valence-corrected chi connectivity index (χ3v) is 3.92. The van der Waals surface area contributed by atoms with Gasteiger partial charge >= 0.3 is 0 Å². The van der Waals surface area contributed by atoms with Gasteiger partial charge in [-0.15, -0.1) is 11.3 Å². The van der Waals surface area contributed by atoms with Gasteiger partial charge in [0.2, 0.25) is 0 Å². The molecule has 17 heavy (non-hydrogen) atoms. The summed E-state index contributed by atoms with van der Waals surface area (Å²) >= 11 is 1.81. The van der Waals surface area contributed by atoms with Crippen LogP contribution >= 0.6 is 11.3 Å². The SMILES string of the molecule is Cc1[nH]ncc1CN[C@H](c1cccs1)C(C)C. The molecule has 0 aromatic carbocycles. The number of aromatic amines is 1. The zero-order valence-electron chi connectivity index (χ0n) is 10.5. The van der Waals surface area contributed by atoms with Crippen LogP contribution < -0.4 is 5.32 Å². The quantitative estimate of drug-likeness (QED) is 0.854. The van der Waals surface area contributed by atoms with Crippen LogP contribution in [0, 0.1) is 12.8 Å². The van der Waals surface area contributed by atoms with Crippen LogP contribution in [0.4, 0.5) is 0 Å². The number of rotatable bonds is 5. The number of thiophene rings is 1. The van der Waals surface area contributed by atoms with Crippen LogP contribution in [0.25, 0.3) is 0 Å². The largest absolute Gasteiger partial charge is 0.305 e. The van der Waals surface area contributed by atoms with Crippen LogP contribution in [0.5, 0.6) is 0 Å². The summed E-state index contributed by atoms with van der Waals surface area (Å²) in [6.45, 7) is 7.42. The van der Waals surface area contributed by atoms with Crippen molar-refractivity contribution >= 4 is 11.3 Å². The second-order valence-electron chi connectivity index (χ2n) is 4.64. The fourth-order valence-corrected chi connectivity index (χ4v) is 2.88. The lowest BCUT2D eigenvalue weighted by Crippen LogP contribution is -2.24. The Bertz CT molecular complexity index is 445. The first-order valence-electron chi connectivity index (χ1n) is 5.94. The molecule has 0 fully saturated rings. The van der Waals surface area contributed by atoms with Crippen molar-refractivity contribution in [3.05, 3.63) is 39.8 Å². The third kappa shape index (κ3) is 2.96. The zero-order chi connectivity index (χ0) is 12.3. The van der Waals surface area contributed by atoms with Gasteiger partial charge in [0.25, 0.3) is 0 Å². The van der Waals surface area contributed by atoms with Crippen LogP contribution in [0.3, 0.4) is 0 Å². The maximum absolute atomic E-state index is 4.04. The molecule has 0 aliphatic rings. The summed E-state index contributed by atoms with van der Waals surface area (Å²) in [5, 5.41) is 12.8. The van der Waals surface area contributed by atoms with E-state index in [1.165, 1.54) is 10.4 Å². The van der Waals surface area contributed by atoms with Crippen LogP contribution in [-0.4, -0.2) is 10.2 Å². The molecular weight excluding hydrogens is 230 g/mol. The van der Waals surface area contributed by atoms with E-state index in [0.717, 1.165) is 12.2 Å². The Labute approximate surface area is 106 Å². The minimum Gasteiger partial charge on any atom is -0.305 e. The second-order valence-corrected chi connectivity index (χ2v) is 5.62. The highest BCUT2D eigenvalue weighted by atomic mass is 32.1. The summed E-state index contributed by atoms with van der Waals surface area (Å²) in [5.41, 5.74) is 2.39. The summed E-state index contributed by atoms with van der Waals surface area (Å²) in [5.74, 6) is 0.584. The van der Waals surface area contributed by atoms with E-state index in [9.17, 15) is 0 Å². The molecule has 3 nitrogen and oxygen atoms in total. The van der Waals surface area contributed by atoms with E-state index in [1.807, 2.05) is 17.5 Å². The van der Waals surface area contributed by atoms with Crippen molar-refractivity contribution in [2.75, 3.05) is 0 Å². The Morgan fingerprint density at radius 1 is 1.47 bits per heavy atom. The Morgan fingerprint density at radius 3 is 2.82 bits per heavy atom. The summed E-state index contributed by atoms with van der Waals surface area (Å²) in [4.78, 5) is 1.40. The van der Waals surface area contributed by atoms with Gasteiger partial charge in [0.05, 0.1) is 6.20 Å². The first kappa shape index (κ1) is 12.3. The van der Waals surface area contributed by atoms with Crippen molar-refractivity contribution in [2.45, 2.75) is 33.4 Å². The molecule has 2 aromatic rings. The second kappa shape index (κ2) is 5.47. The van der Waals surface area contributed by atoms with Gasteiger partial charge in [0, 0.05) is 28.7 Å². The van der Waals surface area contributed by atoms with Crippen LogP contribution in [-0.2, 0) is 6.54 Å². The van der Waals surface area contributed by atoms with Crippen molar-refractivity contribution in [3.8, 4) is 0 Å². The fourth-order valence-electron chi connectivity index (χ4n) is 1.91. The number of H-pyrrole nitrogens is 1. The molecule has 92 valence electrons. The van der Waals surface area contributed by atoms with Gasteiger partial charge in [-0.2, -0.15) is 5.10 Å². The normalized spacial score (nSPS) is 13.2. The van der Waals surface area contributed by atoms with E-state index in [0.29, 0.717) is 12.0 Å². The predicted molar refractivity (Wildman–Crippen MR) is 72.1 cm³/mol. The third-order valence-electron chi connectivity index (χ3n) is 2.96. The topological polar surface area (TPSA) is 40.7 Å². The molecule has 0 saturated heterocycles. The van der Waals surface area contributed by atoms with Crippen molar-refractivity contribution in [1.82, 2.24) is 15.5 Å². The molecule has 1 atom stereocenters. The monoisotopic (exact) mass is 249 g/mol. The lowest BCUT2D eigenvalue weighted by molar-refractivity contribution is 0.416. The standard InChI is InChI=1S/C13H19N3S/c1-9(2)13(12-5-4-6-17-12)14-7-11-8-15-16-10(11)3/h4-6,8-9,13-14H,7H2,1-3H3,(H,15,16)/t13-/m0/s1.